The van der Waals surface area contributed by atoms with Gasteiger partial charge in [-0.2, -0.15) is 0 Å². The van der Waals surface area contributed by atoms with Crippen LogP contribution >= 0.6 is 0 Å². The lowest BCUT2D eigenvalue weighted by molar-refractivity contribution is -0.137. The molecule has 0 fully saturated rings. The van der Waals surface area contributed by atoms with E-state index in [1.165, 1.54) is 10.8 Å². The molecule has 4 nitrogen and oxygen atoms in total. The number of rotatable bonds is 8. The van der Waals surface area contributed by atoms with Crippen molar-refractivity contribution in [2.24, 2.45) is 0 Å². The molecule has 1 aliphatic carbocycles. The van der Waals surface area contributed by atoms with Gasteiger partial charge < -0.3 is 10.2 Å². The first kappa shape index (κ1) is 26.7. The minimum Gasteiger partial charge on any atom is -0.481 e. The van der Waals surface area contributed by atoms with Gasteiger partial charge in [0.15, 0.2) is 0 Å². The van der Waals surface area contributed by atoms with Crippen molar-refractivity contribution in [3.05, 3.63) is 132 Å². The second kappa shape index (κ2) is 10.6. The van der Waals surface area contributed by atoms with E-state index in [9.17, 15) is 19.8 Å². The van der Waals surface area contributed by atoms with Crippen LogP contribution in [0.5, 0.6) is 0 Å². The molecule has 0 radical (unpaired) electrons. The highest BCUT2D eigenvalue weighted by Crippen LogP contribution is 2.55. The summed E-state index contributed by atoms with van der Waals surface area (Å²) in [5.41, 5.74) is 7.72. The van der Waals surface area contributed by atoms with Crippen molar-refractivity contribution in [3.63, 3.8) is 0 Å². The number of carboxylic acids is 2. The van der Waals surface area contributed by atoms with Crippen molar-refractivity contribution in [1.82, 2.24) is 0 Å². The van der Waals surface area contributed by atoms with Crippen molar-refractivity contribution >= 4 is 33.5 Å². The Bertz CT molecular complexity index is 1910. The summed E-state index contributed by atoms with van der Waals surface area (Å²) in [5, 5.41) is 24.1. The Balaban J connectivity index is 1.42. The first-order valence-corrected chi connectivity index (χ1v) is 14.6. The molecule has 0 aliphatic heterocycles. The van der Waals surface area contributed by atoms with Crippen molar-refractivity contribution in [2.75, 3.05) is 0 Å². The molecule has 43 heavy (non-hydrogen) atoms. The molecular weight excluding hydrogens is 532 g/mol. The Morgan fingerprint density at radius 2 is 0.837 bits per heavy atom. The van der Waals surface area contributed by atoms with Crippen LogP contribution in [0.4, 0.5) is 0 Å². The third-order valence-electron chi connectivity index (χ3n) is 9.06. The van der Waals surface area contributed by atoms with Crippen molar-refractivity contribution in [1.29, 1.82) is 0 Å². The fraction of sp³-hybridized carbons (Fsp3) is 0.128. The van der Waals surface area contributed by atoms with Gasteiger partial charge in [0.25, 0.3) is 0 Å². The summed E-state index contributed by atoms with van der Waals surface area (Å²) in [4.78, 5) is 23.7. The fourth-order valence-corrected chi connectivity index (χ4v) is 6.92. The maximum Gasteiger partial charge on any atom is 0.303 e. The summed E-state index contributed by atoms with van der Waals surface area (Å²) in [6.45, 7) is 0. The molecule has 0 bridgehead atoms. The van der Waals surface area contributed by atoms with Crippen molar-refractivity contribution in [3.8, 4) is 33.4 Å². The molecule has 6 aromatic rings. The zero-order valence-electron chi connectivity index (χ0n) is 23.6. The molecular formula is C39H30O4. The maximum absolute atomic E-state index is 11.8. The third kappa shape index (κ3) is 4.75. The van der Waals surface area contributed by atoms with E-state index >= 15 is 0 Å². The van der Waals surface area contributed by atoms with Crippen LogP contribution in [0.2, 0.25) is 0 Å². The van der Waals surface area contributed by atoms with Gasteiger partial charge in [-0.3, -0.25) is 9.59 Å². The zero-order chi connectivity index (χ0) is 29.6. The number of hydrogen-bond donors (Lipinski definition) is 2. The standard InChI is InChI=1S/C39H30O4/c40-37(41)17-19-39(20-18-38(42)43)35-15-13-31(29-11-9-25-5-1-3-7-27(25)21-29)23-33(35)34-24-32(14-16-36(34)39)30-12-10-26-6-2-4-8-28(26)22-30/h1-16,21-24H,17-20H2,(H,40,41)(H,42,43). The predicted octanol–water partition coefficient (Wildman–Crippen LogP) is 9.32. The third-order valence-corrected chi connectivity index (χ3v) is 9.06. The van der Waals surface area contributed by atoms with Gasteiger partial charge in [-0.1, -0.05) is 97.1 Å². The minimum absolute atomic E-state index is 0.0443. The molecule has 0 heterocycles. The molecule has 1 aliphatic rings. The van der Waals surface area contributed by atoms with E-state index in [2.05, 4.69) is 97.1 Å². The highest BCUT2D eigenvalue weighted by molar-refractivity contribution is 5.92. The lowest BCUT2D eigenvalue weighted by Crippen LogP contribution is -2.27. The SMILES string of the molecule is O=C(O)CCC1(CCC(=O)O)c2ccc(-c3ccc4ccccc4c3)cc2-c2cc(-c3ccc4ccccc4c3)ccc21. The number of carbonyl (C=O) groups is 2. The van der Waals surface area contributed by atoms with E-state index in [4.69, 9.17) is 0 Å². The number of fused-ring (bicyclic) bond motifs is 5. The first-order valence-electron chi connectivity index (χ1n) is 14.6. The largest absolute Gasteiger partial charge is 0.481 e. The van der Waals surface area contributed by atoms with Crippen molar-refractivity contribution < 1.29 is 19.8 Å². The quantitative estimate of drug-likeness (QED) is 0.194. The molecule has 7 rings (SSSR count). The van der Waals surface area contributed by atoms with E-state index < -0.39 is 17.4 Å². The molecule has 2 N–H and O–H groups in total. The summed E-state index contributed by atoms with van der Waals surface area (Å²) in [5.74, 6) is -1.77. The first-order chi connectivity index (χ1) is 20.9. The summed E-state index contributed by atoms with van der Waals surface area (Å²) in [7, 11) is 0. The van der Waals surface area contributed by atoms with Gasteiger partial charge >= 0.3 is 11.9 Å². The number of carboxylic acid groups (broad SMARTS) is 2. The summed E-state index contributed by atoms with van der Waals surface area (Å²) in [6.07, 6.45) is 0.579. The number of hydrogen-bond acceptors (Lipinski definition) is 2. The van der Waals surface area contributed by atoms with Crippen LogP contribution in [0.15, 0.2) is 121 Å². The van der Waals surface area contributed by atoms with Gasteiger partial charge in [0.1, 0.15) is 0 Å². The second-order valence-corrected chi connectivity index (χ2v) is 11.5. The Hall–Kier alpha value is -5.22. The fourth-order valence-electron chi connectivity index (χ4n) is 6.92. The average Bonchev–Trinajstić information content (AvgIpc) is 3.31. The van der Waals surface area contributed by atoms with E-state index in [1.807, 2.05) is 24.3 Å². The summed E-state index contributed by atoms with van der Waals surface area (Å²) < 4.78 is 0. The van der Waals surface area contributed by atoms with Gasteiger partial charge in [-0.05, 0) is 103 Å². The smallest absolute Gasteiger partial charge is 0.303 e. The Morgan fingerprint density at radius 1 is 0.465 bits per heavy atom. The normalized spacial score (nSPS) is 13.1. The topological polar surface area (TPSA) is 74.6 Å². The van der Waals surface area contributed by atoms with Gasteiger partial charge in [0, 0.05) is 18.3 Å². The molecule has 0 atom stereocenters. The molecule has 0 amide bonds. The Morgan fingerprint density at radius 3 is 1.26 bits per heavy atom. The van der Waals surface area contributed by atoms with Crippen molar-refractivity contribution in [2.45, 2.75) is 31.1 Å². The second-order valence-electron chi connectivity index (χ2n) is 11.5. The molecule has 0 aromatic heterocycles. The van der Waals surface area contributed by atoms with E-state index in [0.717, 1.165) is 55.3 Å². The van der Waals surface area contributed by atoms with Crippen LogP contribution < -0.4 is 0 Å². The lowest BCUT2D eigenvalue weighted by Gasteiger charge is -2.31. The van der Waals surface area contributed by atoms with Gasteiger partial charge in [0.2, 0.25) is 0 Å². The highest BCUT2D eigenvalue weighted by Gasteiger charge is 2.43. The summed E-state index contributed by atoms with van der Waals surface area (Å²) in [6, 6.07) is 42.3. The van der Waals surface area contributed by atoms with Gasteiger partial charge in [-0.15, -0.1) is 0 Å². The maximum atomic E-state index is 11.8. The van der Waals surface area contributed by atoms with E-state index in [0.29, 0.717) is 12.8 Å². The molecule has 0 saturated carbocycles. The molecule has 4 heteroatoms. The average molecular weight is 563 g/mol. The van der Waals surface area contributed by atoms with Crippen LogP contribution in [0.3, 0.4) is 0 Å². The van der Waals surface area contributed by atoms with Crippen LogP contribution in [0.25, 0.3) is 54.9 Å². The minimum atomic E-state index is -0.884. The van der Waals surface area contributed by atoms with E-state index in [-0.39, 0.29) is 12.8 Å². The predicted molar refractivity (Wildman–Crippen MR) is 172 cm³/mol. The monoisotopic (exact) mass is 562 g/mol. The lowest BCUT2D eigenvalue weighted by atomic mass is 9.71. The Kier molecular flexibility index (Phi) is 6.55. The molecule has 6 aromatic carbocycles. The summed E-state index contributed by atoms with van der Waals surface area (Å²) >= 11 is 0. The molecule has 0 unspecified atom stereocenters. The molecule has 0 saturated heterocycles. The van der Waals surface area contributed by atoms with Gasteiger partial charge in [0.05, 0.1) is 0 Å². The molecule has 210 valence electrons. The highest BCUT2D eigenvalue weighted by atomic mass is 16.4. The van der Waals surface area contributed by atoms with Crippen LogP contribution in [0, 0.1) is 0 Å². The molecule has 0 spiro atoms. The Labute approximate surface area is 249 Å². The van der Waals surface area contributed by atoms with Crippen LogP contribution in [-0.2, 0) is 15.0 Å². The number of benzene rings is 6. The number of aliphatic carboxylic acids is 2. The van der Waals surface area contributed by atoms with Crippen LogP contribution in [0.1, 0.15) is 36.8 Å². The van der Waals surface area contributed by atoms with E-state index in [1.54, 1.807) is 0 Å². The van der Waals surface area contributed by atoms with Gasteiger partial charge in [-0.25, -0.2) is 0 Å². The zero-order valence-corrected chi connectivity index (χ0v) is 23.6. The van der Waals surface area contributed by atoms with Crippen LogP contribution in [-0.4, -0.2) is 22.2 Å².